The number of hydrogen-bond acceptors (Lipinski definition) is 5. The van der Waals surface area contributed by atoms with Crippen LogP contribution in [0.4, 0.5) is 4.79 Å². The maximum absolute atomic E-state index is 12.4. The van der Waals surface area contributed by atoms with E-state index in [1.807, 2.05) is 43.3 Å². The molecule has 1 aliphatic carbocycles. The van der Waals surface area contributed by atoms with Gasteiger partial charge in [-0.15, -0.1) is 0 Å². The number of methoxy groups -OCH3 is 1. The molecule has 8 nitrogen and oxygen atoms in total. The van der Waals surface area contributed by atoms with Crippen LogP contribution < -0.4 is 10.6 Å². The fourth-order valence-corrected chi connectivity index (χ4v) is 3.92. The highest BCUT2D eigenvalue weighted by molar-refractivity contribution is 5.84. The Balaban J connectivity index is 1.56. The zero-order valence-electron chi connectivity index (χ0n) is 18.2. The van der Waals surface area contributed by atoms with Gasteiger partial charge in [-0.1, -0.05) is 55.5 Å². The van der Waals surface area contributed by atoms with Crippen LogP contribution in [-0.4, -0.2) is 55.5 Å². The number of hydrogen-bond donors (Lipinski definition) is 3. The molecule has 1 aliphatic rings. The number of aliphatic carboxylic acids is 1. The van der Waals surface area contributed by atoms with Crippen LogP contribution in [0.5, 0.6) is 0 Å². The SMILES string of the molecule is CCC(CC(=O)N[C@@H](COC)C(=O)O)NC(=O)OCC1c2ccccc2-c2ccccc21. The number of amides is 2. The molecule has 0 spiro atoms. The van der Waals surface area contributed by atoms with Gasteiger partial charge >= 0.3 is 12.1 Å². The number of carboxylic acid groups (broad SMARTS) is 1. The third kappa shape index (κ3) is 5.45. The molecule has 32 heavy (non-hydrogen) atoms. The van der Waals surface area contributed by atoms with Gasteiger partial charge in [0.05, 0.1) is 6.61 Å². The zero-order valence-corrected chi connectivity index (χ0v) is 18.2. The van der Waals surface area contributed by atoms with E-state index in [1.54, 1.807) is 0 Å². The van der Waals surface area contributed by atoms with Gasteiger partial charge in [-0.05, 0) is 28.7 Å². The van der Waals surface area contributed by atoms with E-state index < -0.39 is 30.1 Å². The second-order valence-electron chi connectivity index (χ2n) is 7.69. The van der Waals surface area contributed by atoms with Crippen LogP contribution in [0.3, 0.4) is 0 Å². The minimum absolute atomic E-state index is 0.0538. The molecule has 0 heterocycles. The molecule has 3 rings (SSSR count). The first-order valence-corrected chi connectivity index (χ1v) is 10.6. The molecule has 2 atom stereocenters. The van der Waals surface area contributed by atoms with Gasteiger partial charge in [0, 0.05) is 25.5 Å². The molecular formula is C24H28N2O6. The molecule has 0 radical (unpaired) electrons. The highest BCUT2D eigenvalue weighted by Crippen LogP contribution is 2.44. The van der Waals surface area contributed by atoms with Crippen molar-refractivity contribution in [2.75, 3.05) is 20.3 Å². The van der Waals surface area contributed by atoms with E-state index in [0.717, 1.165) is 22.3 Å². The smallest absolute Gasteiger partial charge is 0.407 e. The highest BCUT2D eigenvalue weighted by Gasteiger charge is 2.29. The normalized spacial score (nSPS) is 14.1. The lowest BCUT2D eigenvalue weighted by atomic mass is 9.98. The molecule has 2 aromatic carbocycles. The summed E-state index contributed by atoms with van der Waals surface area (Å²) in [5.74, 6) is -1.72. The maximum atomic E-state index is 12.4. The first-order valence-electron chi connectivity index (χ1n) is 10.6. The summed E-state index contributed by atoms with van der Waals surface area (Å²) in [5, 5.41) is 14.2. The third-order valence-corrected chi connectivity index (χ3v) is 5.56. The van der Waals surface area contributed by atoms with Gasteiger partial charge in [-0.3, -0.25) is 4.79 Å². The third-order valence-electron chi connectivity index (χ3n) is 5.56. The van der Waals surface area contributed by atoms with Gasteiger partial charge in [0.2, 0.25) is 5.91 Å². The van der Waals surface area contributed by atoms with E-state index in [2.05, 4.69) is 22.8 Å². The van der Waals surface area contributed by atoms with Crippen molar-refractivity contribution in [1.29, 1.82) is 0 Å². The van der Waals surface area contributed by atoms with Gasteiger partial charge in [0.1, 0.15) is 6.61 Å². The van der Waals surface area contributed by atoms with Crippen LogP contribution in [0.1, 0.15) is 36.8 Å². The molecule has 0 aromatic heterocycles. The Hall–Kier alpha value is -3.39. The van der Waals surface area contributed by atoms with Crippen LogP contribution >= 0.6 is 0 Å². The Morgan fingerprint density at radius 2 is 1.59 bits per heavy atom. The molecule has 0 aliphatic heterocycles. The van der Waals surface area contributed by atoms with Crippen molar-refractivity contribution >= 4 is 18.0 Å². The molecular weight excluding hydrogens is 412 g/mol. The number of nitrogens with one attached hydrogen (secondary N) is 2. The molecule has 0 saturated carbocycles. The summed E-state index contributed by atoms with van der Waals surface area (Å²) in [5.41, 5.74) is 4.52. The van der Waals surface area contributed by atoms with Crippen molar-refractivity contribution in [2.24, 2.45) is 0 Å². The van der Waals surface area contributed by atoms with E-state index in [9.17, 15) is 14.4 Å². The summed E-state index contributed by atoms with van der Waals surface area (Å²) in [6.07, 6.45) is -0.188. The van der Waals surface area contributed by atoms with Crippen LogP contribution in [0, 0.1) is 0 Å². The molecule has 2 amide bonds. The van der Waals surface area contributed by atoms with Crippen molar-refractivity contribution < 1.29 is 29.0 Å². The van der Waals surface area contributed by atoms with Gasteiger partial charge in [0.15, 0.2) is 6.04 Å². The van der Waals surface area contributed by atoms with Crippen LogP contribution in [0.25, 0.3) is 11.1 Å². The Morgan fingerprint density at radius 1 is 1.00 bits per heavy atom. The van der Waals surface area contributed by atoms with Gasteiger partial charge < -0.3 is 25.2 Å². The van der Waals surface area contributed by atoms with Crippen molar-refractivity contribution in [3.05, 3.63) is 59.7 Å². The number of carboxylic acids is 1. The predicted octanol–water partition coefficient (Wildman–Crippen LogP) is 2.91. The van der Waals surface area contributed by atoms with Crippen LogP contribution in [-0.2, 0) is 19.1 Å². The van der Waals surface area contributed by atoms with E-state index in [0.29, 0.717) is 6.42 Å². The van der Waals surface area contributed by atoms with Crippen LogP contribution in [0.2, 0.25) is 0 Å². The second kappa shape index (κ2) is 10.8. The molecule has 8 heteroatoms. The second-order valence-corrected chi connectivity index (χ2v) is 7.69. The number of ether oxygens (including phenoxy) is 2. The Kier molecular flexibility index (Phi) is 7.83. The van der Waals surface area contributed by atoms with Gasteiger partial charge in [-0.25, -0.2) is 9.59 Å². The van der Waals surface area contributed by atoms with E-state index in [4.69, 9.17) is 14.6 Å². The number of benzene rings is 2. The highest BCUT2D eigenvalue weighted by atomic mass is 16.5. The van der Waals surface area contributed by atoms with Crippen molar-refractivity contribution in [2.45, 2.75) is 37.8 Å². The summed E-state index contributed by atoms with van der Waals surface area (Å²) in [6.45, 7) is 1.86. The van der Waals surface area contributed by atoms with Gasteiger partial charge in [0.25, 0.3) is 0 Å². The Bertz CT molecular complexity index is 931. The average molecular weight is 440 g/mol. The molecule has 1 unspecified atom stereocenters. The van der Waals surface area contributed by atoms with E-state index in [-0.39, 0.29) is 25.6 Å². The number of alkyl carbamates (subject to hydrolysis) is 1. The summed E-state index contributed by atoms with van der Waals surface area (Å²) >= 11 is 0. The summed E-state index contributed by atoms with van der Waals surface area (Å²) < 4.78 is 10.3. The van der Waals surface area contributed by atoms with Crippen molar-refractivity contribution in [3.63, 3.8) is 0 Å². The summed E-state index contributed by atoms with van der Waals surface area (Å²) in [7, 11) is 1.36. The quantitative estimate of drug-likeness (QED) is 0.524. The molecule has 0 fully saturated rings. The molecule has 0 bridgehead atoms. The minimum Gasteiger partial charge on any atom is -0.480 e. The number of rotatable bonds is 10. The summed E-state index contributed by atoms with van der Waals surface area (Å²) in [6, 6.07) is 14.5. The lowest BCUT2D eigenvalue weighted by Gasteiger charge is -2.20. The number of carbonyl (C=O) groups is 3. The Labute approximate surface area is 186 Å². The molecule has 2 aromatic rings. The molecule has 0 saturated heterocycles. The fraction of sp³-hybridized carbons (Fsp3) is 0.375. The lowest BCUT2D eigenvalue weighted by molar-refractivity contribution is -0.143. The molecule has 170 valence electrons. The van der Waals surface area contributed by atoms with Crippen LogP contribution in [0.15, 0.2) is 48.5 Å². The van der Waals surface area contributed by atoms with Crippen molar-refractivity contribution in [1.82, 2.24) is 10.6 Å². The average Bonchev–Trinajstić information content (AvgIpc) is 3.10. The van der Waals surface area contributed by atoms with Gasteiger partial charge in [-0.2, -0.15) is 0 Å². The standard InChI is InChI=1S/C24H28N2O6/c1-3-15(12-22(27)26-21(14-31-2)23(28)29)25-24(30)32-13-20-18-10-6-4-8-16(18)17-9-5-7-11-19(17)20/h4-11,15,20-21H,3,12-14H2,1-2H3,(H,25,30)(H,26,27)(H,28,29)/t15?,21-/m0/s1. The predicted molar refractivity (Wildman–Crippen MR) is 118 cm³/mol. The number of fused-ring (bicyclic) bond motifs is 3. The maximum Gasteiger partial charge on any atom is 0.407 e. The Morgan fingerprint density at radius 3 is 2.12 bits per heavy atom. The zero-order chi connectivity index (χ0) is 23.1. The first kappa shape index (κ1) is 23.3. The van der Waals surface area contributed by atoms with E-state index >= 15 is 0 Å². The topological polar surface area (TPSA) is 114 Å². The fourth-order valence-electron chi connectivity index (χ4n) is 3.92. The van der Waals surface area contributed by atoms with E-state index in [1.165, 1.54) is 7.11 Å². The first-order chi connectivity index (χ1) is 15.4. The number of carbonyl (C=O) groups excluding carboxylic acids is 2. The lowest BCUT2D eigenvalue weighted by Crippen LogP contribution is -2.46. The summed E-state index contributed by atoms with van der Waals surface area (Å²) in [4.78, 5) is 35.8. The molecule has 3 N–H and O–H groups in total. The van der Waals surface area contributed by atoms with Crippen molar-refractivity contribution in [3.8, 4) is 11.1 Å². The monoisotopic (exact) mass is 440 g/mol. The minimum atomic E-state index is -1.18. The largest absolute Gasteiger partial charge is 0.480 e.